The topological polar surface area (TPSA) is 96.9 Å². The van der Waals surface area contributed by atoms with Crippen LogP contribution in [0.1, 0.15) is 12.0 Å². The highest BCUT2D eigenvalue weighted by atomic mass is 32.1. The van der Waals surface area contributed by atoms with Gasteiger partial charge in [-0.3, -0.25) is 19.1 Å². The minimum atomic E-state index is -0.497. The highest BCUT2D eigenvalue weighted by Crippen LogP contribution is 2.11. The lowest BCUT2D eigenvalue weighted by Gasteiger charge is -2.06. The first-order valence-electron chi connectivity index (χ1n) is 7.01. The van der Waals surface area contributed by atoms with Crippen molar-refractivity contribution in [1.82, 2.24) is 19.9 Å². The van der Waals surface area contributed by atoms with Gasteiger partial charge in [0, 0.05) is 31.9 Å². The van der Waals surface area contributed by atoms with Crippen LogP contribution < -0.4 is 16.6 Å². The molecule has 0 radical (unpaired) electrons. The van der Waals surface area contributed by atoms with Crippen molar-refractivity contribution in [2.45, 2.75) is 19.5 Å². The van der Waals surface area contributed by atoms with Crippen LogP contribution in [-0.2, 0) is 17.9 Å². The van der Waals surface area contributed by atoms with E-state index in [1.165, 1.54) is 11.3 Å². The molecular formula is C15H14N4O3S. The zero-order valence-corrected chi connectivity index (χ0v) is 12.9. The fourth-order valence-electron chi connectivity index (χ4n) is 2.18. The third kappa shape index (κ3) is 3.37. The maximum atomic E-state index is 12.2. The largest absolute Gasteiger partial charge is 0.352 e. The molecular weight excluding hydrogens is 316 g/mol. The molecule has 0 aliphatic carbocycles. The summed E-state index contributed by atoms with van der Waals surface area (Å²) >= 11 is 1.27. The summed E-state index contributed by atoms with van der Waals surface area (Å²) < 4.78 is 1.55. The number of nitrogens with zero attached hydrogens (tertiary/aromatic N) is 2. The summed E-state index contributed by atoms with van der Waals surface area (Å²) in [5, 5.41) is 4.49. The highest BCUT2D eigenvalue weighted by molar-refractivity contribution is 7.17. The van der Waals surface area contributed by atoms with Gasteiger partial charge in [-0.05, 0) is 29.1 Å². The van der Waals surface area contributed by atoms with Crippen LogP contribution in [0.15, 0.2) is 45.6 Å². The van der Waals surface area contributed by atoms with E-state index in [0.29, 0.717) is 16.8 Å². The van der Waals surface area contributed by atoms with Gasteiger partial charge in [-0.15, -0.1) is 11.3 Å². The molecule has 0 saturated heterocycles. The summed E-state index contributed by atoms with van der Waals surface area (Å²) in [6, 6.07) is 5.30. The maximum Gasteiger partial charge on any atom is 0.328 e. The zero-order valence-electron chi connectivity index (χ0n) is 12.1. The normalized spacial score (nSPS) is 10.8. The van der Waals surface area contributed by atoms with Gasteiger partial charge in [-0.1, -0.05) is 0 Å². The molecule has 3 aromatic rings. The minimum Gasteiger partial charge on any atom is -0.352 e. The Morgan fingerprint density at radius 3 is 2.83 bits per heavy atom. The van der Waals surface area contributed by atoms with Crippen molar-refractivity contribution in [3.8, 4) is 0 Å². The first-order valence-corrected chi connectivity index (χ1v) is 7.89. The van der Waals surface area contributed by atoms with Crippen LogP contribution in [0.2, 0.25) is 0 Å². The average molecular weight is 330 g/mol. The molecule has 23 heavy (non-hydrogen) atoms. The van der Waals surface area contributed by atoms with Gasteiger partial charge in [0.25, 0.3) is 5.56 Å². The Morgan fingerprint density at radius 2 is 2.04 bits per heavy atom. The molecule has 0 atom stereocenters. The van der Waals surface area contributed by atoms with E-state index >= 15 is 0 Å². The second-order valence-corrected chi connectivity index (χ2v) is 5.85. The van der Waals surface area contributed by atoms with E-state index in [2.05, 4.69) is 15.3 Å². The molecule has 0 aliphatic heterocycles. The number of pyridine rings is 1. The monoisotopic (exact) mass is 330 g/mol. The molecule has 0 spiro atoms. The molecule has 3 heterocycles. The number of aromatic amines is 1. The van der Waals surface area contributed by atoms with Crippen molar-refractivity contribution in [3.05, 3.63) is 62.4 Å². The molecule has 3 aromatic heterocycles. The van der Waals surface area contributed by atoms with Crippen molar-refractivity contribution in [2.24, 2.45) is 0 Å². The molecule has 118 valence electrons. The van der Waals surface area contributed by atoms with Gasteiger partial charge in [0.1, 0.15) is 4.70 Å². The van der Waals surface area contributed by atoms with E-state index in [0.717, 1.165) is 10.1 Å². The minimum absolute atomic E-state index is 0.0458. The van der Waals surface area contributed by atoms with Crippen LogP contribution >= 0.6 is 11.3 Å². The first-order chi connectivity index (χ1) is 11.1. The molecule has 7 nitrogen and oxygen atoms in total. The Labute approximate surface area is 134 Å². The van der Waals surface area contributed by atoms with E-state index in [9.17, 15) is 14.4 Å². The van der Waals surface area contributed by atoms with Crippen LogP contribution in [0.25, 0.3) is 10.2 Å². The predicted octanol–water partition coefficient (Wildman–Crippen LogP) is 0.853. The number of nitrogens with one attached hydrogen (secondary N) is 2. The lowest BCUT2D eigenvalue weighted by molar-refractivity contribution is -0.121. The second-order valence-electron chi connectivity index (χ2n) is 4.93. The Morgan fingerprint density at radius 1 is 1.26 bits per heavy atom. The molecule has 0 unspecified atom stereocenters. The molecule has 0 aliphatic rings. The lowest BCUT2D eigenvalue weighted by Crippen LogP contribution is -2.36. The zero-order chi connectivity index (χ0) is 16.2. The van der Waals surface area contributed by atoms with E-state index in [4.69, 9.17) is 0 Å². The number of hydrogen-bond acceptors (Lipinski definition) is 5. The molecule has 1 amide bonds. The summed E-state index contributed by atoms with van der Waals surface area (Å²) in [5.41, 5.74) is 0.607. The lowest BCUT2D eigenvalue weighted by atomic mass is 10.2. The number of thiophene rings is 1. The standard InChI is InChI=1S/C15H14N4O3S/c20-12(17-9-10-1-5-16-6-2-10)3-7-19-14(21)13-11(4-8-23-13)18-15(19)22/h1-2,4-6,8H,3,7,9H2,(H,17,20)(H,18,22). The number of carbonyl (C=O) groups is 1. The van der Waals surface area contributed by atoms with Gasteiger partial charge in [0.2, 0.25) is 5.91 Å². The predicted molar refractivity (Wildman–Crippen MR) is 87.4 cm³/mol. The number of fused-ring (bicyclic) bond motifs is 1. The van der Waals surface area contributed by atoms with E-state index in [1.54, 1.807) is 36.0 Å². The number of rotatable bonds is 5. The van der Waals surface area contributed by atoms with E-state index < -0.39 is 5.69 Å². The van der Waals surface area contributed by atoms with Crippen molar-refractivity contribution in [2.75, 3.05) is 0 Å². The Bertz CT molecular complexity index is 943. The van der Waals surface area contributed by atoms with Crippen LogP contribution in [0.3, 0.4) is 0 Å². The molecule has 0 bridgehead atoms. The van der Waals surface area contributed by atoms with Gasteiger partial charge in [-0.25, -0.2) is 4.79 Å². The molecule has 3 rings (SSSR count). The Kier molecular flexibility index (Phi) is 4.33. The van der Waals surface area contributed by atoms with Gasteiger partial charge in [0.05, 0.1) is 5.52 Å². The smallest absolute Gasteiger partial charge is 0.328 e. The molecule has 0 aromatic carbocycles. The Hall–Kier alpha value is -2.74. The summed E-state index contributed by atoms with van der Waals surface area (Å²) in [4.78, 5) is 42.5. The maximum absolute atomic E-state index is 12.2. The van der Waals surface area contributed by atoms with Crippen LogP contribution in [-0.4, -0.2) is 20.4 Å². The molecule has 0 saturated carbocycles. The number of aromatic nitrogens is 3. The summed E-state index contributed by atoms with van der Waals surface area (Å²) in [6.45, 7) is 0.431. The molecule has 8 heteroatoms. The number of hydrogen-bond donors (Lipinski definition) is 2. The third-order valence-electron chi connectivity index (χ3n) is 3.39. The summed E-state index contributed by atoms with van der Waals surface area (Å²) in [6.07, 6.45) is 3.36. The molecule has 0 fully saturated rings. The SMILES string of the molecule is O=C(CCn1c(=O)[nH]c2ccsc2c1=O)NCc1ccncc1. The van der Waals surface area contributed by atoms with Crippen molar-refractivity contribution >= 4 is 27.5 Å². The number of H-pyrrole nitrogens is 1. The van der Waals surface area contributed by atoms with Gasteiger partial charge >= 0.3 is 5.69 Å². The van der Waals surface area contributed by atoms with Crippen molar-refractivity contribution in [3.63, 3.8) is 0 Å². The van der Waals surface area contributed by atoms with Gasteiger partial charge in [-0.2, -0.15) is 0 Å². The van der Waals surface area contributed by atoms with E-state index in [-0.39, 0.29) is 24.4 Å². The quantitative estimate of drug-likeness (QED) is 0.725. The third-order valence-corrected chi connectivity index (χ3v) is 4.30. The Balaban J connectivity index is 1.65. The average Bonchev–Trinajstić information content (AvgIpc) is 3.02. The summed E-state index contributed by atoms with van der Waals surface area (Å²) in [7, 11) is 0. The number of carbonyl (C=O) groups excluding carboxylic acids is 1. The fourth-order valence-corrected chi connectivity index (χ4v) is 2.97. The second kappa shape index (κ2) is 6.57. The van der Waals surface area contributed by atoms with Crippen molar-refractivity contribution < 1.29 is 4.79 Å². The van der Waals surface area contributed by atoms with Crippen LogP contribution in [0, 0.1) is 0 Å². The van der Waals surface area contributed by atoms with Crippen molar-refractivity contribution in [1.29, 1.82) is 0 Å². The van der Waals surface area contributed by atoms with Gasteiger partial charge < -0.3 is 10.3 Å². The molecule has 2 N–H and O–H groups in total. The van der Waals surface area contributed by atoms with Crippen LogP contribution in [0.4, 0.5) is 0 Å². The van der Waals surface area contributed by atoms with E-state index in [1.807, 2.05) is 0 Å². The van der Waals surface area contributed by atoms with Crippen LogP contribution in [0.5, 0.6) is 0 Å². The highest BCUT2D eigenvalue weighted by Gasteiger charge is 2.10. The first kappa shape index (κ1) is 15.2. The fraction of sp³-hybridized carbons (Fsp3) is 0.200. The van der Waals surface area contributed by atoms with Gasteiger partial charge in [0.15, 0.2) is 0 Å². The summed E-state index contributed by atoms with van der Waals surface area (Å²) in [5.74, 6) is -0.223. The number of amides is 1.